The lowest BCUT2D eigenvalue weighted by atomic mass is 9.90. The third-order valence-electron chi connectivity index (χ3n) is 4.92. The molecule has 1 aromatic carbocycles. The molecule has 0 aromatic heterocycles. The molecule has 0 atom stereocenters. The van der Waals surface area contributed by atoms with E-state index in [4.69, 9.17) is 0 Å². The van der Waals surface area contributed by atoms with E-state index in [1.807, 2.05) is 0 Å². The van der Waals surface area contributed by atoms with Gasteiger partial charge in [0, 0.05) is 5.54 Å². The van der Waals surface area contributed by atoms with Gasteiger partial charge in [0.15, 0.2) is 0 Å². The number of rotatable bonds is 13. The van der Waals surface area contributed by atoms with Crippen LogP contribution in [-0.4, -0.2) is 6.54 Å². The van der Waals surface area contributed by atoms with Gasteiger partial charge in [-0.3, -0.25) is 0 Å². The highest BCUT2D eigenvalue weighted by Gasteiger charge is 2.20. The first kappa shape index (κ1) is 20.2. The summed E-state index contributed by atoms with van der Waals surface area (Å²) in [7, 11) is 0. The summed E-state index contributed by atoms with van der Waals surface area (Å²) in [5, 5.41) is 3.74. The summed E-state index contributed by atoms with van der Waals surface area (Å²) < 4.78 is 0. The van der Waals surface area contributed by atoms with E-state index in [0.717, 1.165) is 6.54 Å². The third-order valence-corrected chi connectivity index (χ3v) is 4.92. The molecule has 0 fully saturated rings. The van der Waals surface area contributed by atoms with Gasteiger partial charge >= 0.3 is 0 Å². The lowest BCUT2D eigenvalue weighted by Crippen LogP contribution is -2.37. The molecule has 0 aliphatic rings. The van der Waals surface area contributed by atoms with Gasteiger partial charge in [0.1, 0.15) is 0 Å². The lowest BCUT2D eigenvalue weighted by molar-refractivity contribution is 0.392. The fraction of sp³-hybridized carbons (Fsp3) is 0.727. The summed E-state index contributed by atoms with van der Waals surface area (Å²) in [4.78, 5) is 0. The Morgan fingerprint density at radius 1 is 0.783 bits per heavy atom. The largest absolute Gasteiger partial charge is 0.308 e. The van der Waals surface area contributed by atoms with Crippen molar-refractivity contribution in [2.45, 2.75) is 97.4 Å². The van der Waals surface area contributed by atoms with Gasteiger partial charge in [-0.05, 0) is 44.9 Å². The van der Waals surface area contributed by atoms with Crippen LogP contribution < -0.4 is 5.32 Å². The van der Waals surface area contributed by atoms with Crippen molar-refractivity contribution in [1.29, 1.82) is 0 Å². The Morgan fingerprint density at radius 2 is 1.30 bits per heavy atom. The van der Waals surface area contributed by atoms with Crippen LogP contribution in [0.25, 0.3) is 0 Å². The van der Waals surface area contributed by atoms with Crippen LogP contribution in [0, 0.1) is 6.92 Å². The average molecular weight is 318 g/mol. The van der Waals surface area contributed by atoms with E-state index in [2.05, 4.69) is 57.3 Å². The molecule has 0 heterocycles. The van der Waals surface area contributed by atoms with Crippen molar-refractivity contribution in [3.63, 3.8) is 0 Å². The van der Waals surface area contributed by atoms with Crippen LogP contribution in [0.4, 0.5) is 0 Å². The van der Waals surface area contributed by atoms with E-state index in [1.165, 1.54) is 75.3 Å². The van der Waals surface area contributed by atoms with Gasteiger partial charge in [-0.1, -0.05) is 89.0 Å². The minimum absolute atomic E-state index is 0.0740. The molecule has 0 saturated heterocycles. The van der Waals surface area contributed by atoms with Crippen LogP contribution in [0.1, 0.15) is 96.1 Å². The molecule has 0 bridgehead atoms. The second-order valence-corrected chi connectivity index (χ2v) is 7.55. The summed E-state index contributed by atoms with van der Waals surface area (Å²) in [6.45, 7) is 10.2. The van der Waals surface area contributed by atoms with Crippen LogP contribution >= 0.6 is 0 Å². The van der Waals surface area contributed by atoms with Gasteiger partial charge in [0.2, 0.25) is 0 Å². The monoisotopic (exact) mass is 317 g/mol. The van der Waals surface area contributed by atoms with Crippen molar-refractivity contribution < 1.29 is 0 Å². The number of hydrogen-bond acceptors (Lipinski definition) is 1. The van der Waals surface area contributed by atoms with E-state index in [-0.39, 0.29) is 5.54 Å². The molecule has 0 spiro atoms. The Kier molecular flexibility index (Phi) is 10.3. The Labute approximate surface area is 145 Å². The standard InChI is InChI=1S/C22H39N/c1-5-6-7-8-9-10-11-12-13-16-19-23-22(3,4)21-18-15-14-17-20(21)2/h14-15,17-18,23H,5-13,16,19H2,1-4H3. The molecule has 1 N–H and O–H groups in total. The number of nitrogens with one attached hydrogen (secondary N) is 1. The molecule has 1 nitrogen and oxygen atoms in total. The quantitative estimate of drug-likeness (QED) is 0.397. The number of hydrogen-bond donors (Lipinski definition) is 1. The fourth-order valence-corrected chi connectivity index (χ4v) is 3.38. The highest BCUT2D eigenvalue weighted by atomic mass is 14.9. The zero-order valence-electron chi connectivity index (χ0n) is 16.1. The van der Waals surface area contributed by atoms with Crippen molar-refractivity contribution >= 4 is 0 Å². The van der Waals surface area contributed by atoms with Crippen molar-refractivity contribution in [2.24, 2.45) is 0 Å². The first-order valence-electron chi connectivity index (χ1n) is 9.89. The summed E-state index contributed by atoms with van der Waals surface area (Å²) in [5.74, 6) is 0. The van der Waals surface area contributed by atoms with Crippen molar-refractivity contribution in [1.82, 2.24) is 5.32 Å². The van der Waals surface area contributed by atoms with Crippen LogP contribution in [-0.2, 0) is 5.54 Å². The predicted molar refractivity (Wildman–Crippen MR) is 104 cm³/mol. The molecule has 1 heteroatoms. The molecule has 0 radical (unpaired) electrons. The highest BCUT2D eigenvalue weighted by molar-refractivity contribution is 5.31. The van der Waals surface area contributed by atoms with Gasteiger partial charge in [-0.25, -0.2) is 0 Å². The molecule has 1 aromatic rings. The normalized spacial score (nSPS) is 11.8. The van der Waals surface area contributed by atoms with E-state index in [0.29, 0.717) is 0 Å². The van der Waals surface area contributed by atoms with E-state index >= 15 is 0 Å². The predicted octanol–water partition coefficient (Wildman–Crippen LogP) is 6.74. The van der Waals surface area contributed by atoms with E-state index in [9.17, 15) is 0 Å². The summed E-state index contributed by atoms with van der Waals surface area (Å²) >= 11 is 0. The summed E-state index contributed by atoms with van der Waals surface area (Å²) in [5.41, 5.74) is 2.88. The van der Waals surface area contributed by atoms with E-state index < -0.39 is 0 Å². The second kappa shape index (κ2) is 11.7. The molecule has 0 saturated carbocycles. The maximum atomic E-state index is 3.74. The Bertz CT molecular complexity index is 408. The molecule has 0 amide bonds. The molecule has 23 heavy (non-hydrogen) atoms. The number of benzene rings is 1. The highest BCUT2D eigenvalue weighted by Crippen LogP contribution is 2.23. The lowest BCUT2D eigenvalue weighted by Gasteiger charge is -2.28. The minimum Gasteiger partial charge on any atom is -0.308 e. The smallest absolute Gasteiger partial charge is 0.0380 e. The summed E-state index contributed by atoms with van der Waals surface area (Å²) in [6, 6.07) is 8.73. The Morgan fingerprint density at radius 3 is 1.87 bits per heavy atom. The van der Waals surface area contributed by atoms with E-state index in [1.54, 1.807) is 0 Å². The zero-order chi connectivity index (χ0) is 17.0. The molecule has 0 aliphatic carbocycles. The SMILES string of the molecule is CCCCCCCCCCCCNC(C)(C)c1ccccc1C. The van der Waals surface area contributed by atoms with Crippen LogP contribution in [0.2, 0.25) is 0 Å². The molecular formula is C22H39N. The molecule has 0 aliphatic heterocycles. The Hall–Kier alpha value is -0.820. The van der Waals surface area contributed by atoms with Gasteiger partial charge in [-0.2, -0.15) is 0 Å². The molecule has 132 valence electrons. The maximum absolute atomic E-state index is 3.74. The van der Waals surface area contributed by atoms with Gasteiger partial charge in [0.25, 0.3) is 0 Å². The first-order valence-corrected chi connectivity index (χ1v) is 9.89. The van der Waals surface area contributed by atoms with Crippen LogP contribution in [0.15, 0.2) is 24.3 Å². The fourth-order valence-electron chi connectivity index (χ4n) is 3.38. The zero-order valence-corrected chi connectivity index (χ0v) is 16.1. The molecular weight excluding hydrogens is 278 g/mol. The van der Waals surface area contributed by atoms with Gasteiger partial charge in [0.05, 0.1) is 0 Å². The second-order valence-electron chi connectivity index (χ2n) is 7.55. The molecule has 1 rings (SSSR count). The Balaban J connectivity index is 2.05. The average Bonchev–Trinajstić information content (AvgIpc) is 2.53. The maximum Gasteiger partial charge on any atom is 0.0380 e. The first-order chi connectivity index (χ1) is 11.1. The van der Waals surface area contributed by atoms with Crippen molar-refractivity contribution in [3.8, 4) is 0 Å². The topological polar surface area (TPSA) is 12.0 Å². The molecule has 0 unspecified atom stereocenters. The van der Waals surface area contributed by atoms with Crippen LogP contribution in [0.5, 0.6) is 0 Å². The van der Waals surface area contributed by atoms with Gasteiger partial charge in [-0.15, -0.1) is 0 Å². The minimum atomic E-state index is 0.0740. The van der Waals surface area contributed by atoms with Crippen molar-refractivity contribution in [2.75, 3.05) is 6.54 Å². The summed E-state index contributed by atoms with van der Waals surface area (Å²) in [6.07, 6.45) is 14.0. The van der Waals surface area contributed by atoms with Crippen molar-refractivity contribution in [3.05, 3.63) is 35.4 Å². The van der Waals surface area contributed by atoms with Gasteiger partial charge < -0.3 is 5.32 Å². The van der Waals surface area contributed by atoms with Crippen LogP contribution in [0.3, 0.4) is 0 Å². The third kappa shape index (κ3) is 8.55. The number of aryl methyl sites for hydroxylation is 1. The number of unbranched alkanes of at least 4 members (excludes halogenated alkanes) is 9.